The first-order valence-electron chi connectivity index (χ1n) is 9.74. The van der Waals surface area contributed by atoms with Gasteiger partial charge in [0.1, 0.15) is 0 Å². The van der Waals surface area contributed by atoms with E-state index in [0.717, 1.165) is 18.7 Å². The summed E-state index contributed by atoms with van der Waals surface area (Å²) in [5.74, 6) is 0. The predicted molar refractivity (Wildman–Crippen MR) is 112 cm³/mol. The second-order valence-corrected chi connectivity index (χ2v) is 6.39. The Labute approximate surface area is 157 Å². The van der Waals surface area contributed by atoms with Crippen LogP contribution in [-0.4, -0.2) is 29.9 Å². The van der Waals surface area contributed by atoms with E-state index in [9.17, 15) is 0 Å². The summed E-state index contributed by atoms with van der Waals surface area (Å²) in [6, 6.07) is 10.8. The van der Waals surface area contributed by atoms with Crippen molar-refractivity contribution in [3.05, 3.63) is 47.8 Å². The van der Waals surface area contributed by atoms with E-state index in [1.54, 1.807) is 0 Å². The molecular formula is C22H33N3O. The Morgan fingerprint density at radius 1 is 1.12 bits per heavy atom. The highest BCUT2D eigenvalue weighted by Gasteiger charge is 2.18. The zero-order valence-corrected chi connectivity index (χ0v) is 16.6. The van der Waals surface area contributed by atoms with Gasteiger partial charge in [-0.05, 0) is 55.0 Å². The highest BCUT2D eigenvalue weighted by atomic mass is 16.3. The summed E-state index contributed by atoms with van der Waals surface area (Å²) >= 11 is 0. The summed E-state index contributed by atoms with van der Waals surface area (Å²) in [5.41, 5.74) is 7.58. The van der Waals surface area contributed by atoms with Crippen LogP contribution in [0.15, 0.2) is 42.1 Å². The van der Waals surface area contributed by atoms with Gasteiger partial charge in [0.2, 0.25) is 0 Å². The van der Waals surface area contributed by atoms with Gasteiger partial charge in [-0.2, -0.15) is 0 Å². The number of benzene rings is 1. The first kappa shape index (κ1) is 20.1. The van der Waals surface area contributed by atoms with Crippen molar-refractivity contribution in [3.63, 3.8) is 0 Å². The summed E-state index contributed by atoms with van der Waals surface area (Å²) < 4.78 is 2.20. The van der Waals surface area contributed by atoms with E-state index < -0.39 is 0 Å². The van der Waals surface area contributed by atoms with Crippen LogP contribution < -0.4 is 10.6 Å². The van der Waals surface area contributed by atoms with Gasteiger partial charge in [0.15, 0.2) is 0 Å². The number of rotatable bonds is 7. The molecule has 2 aromatic rings. The molecule has 1 aliphatic carbocycles. The fourth-order valence-corrected chi connectivity index (χ4v) is 3.09. The fourth-order valence-electron chi connectivity index (χ4n) is 3.09. The highest BCUT2D eigenvalue weighted by molar-refractivity contribution is 5.74. The normalized spacial score (nSPS) is 12.7. The van der Waals surface area contributed by atoms with Crippen molar-refractivity contribution < 1.29 is 5.11 Å². The minimum absolute atomic E-state index is 0.228. The third kappa shape index (κ3) is 4.70. The maximum atomic E-state index is 9.04. The predicted octanol–water partition coefficient (Wildman–Crippen LogP) is 4.63. The van der Waals surface area contributed by atoms with Gasteiger partial charge in [0, 0.05) is 44.7 Å². The van der Waals surface area contributed by atoms with Crippen molar-refractivity contribution in [1.82, 2.24) is 9.88 Å². The van der Waals surface area contributed by atoms with Gasteiger partial charge in [-0.15, -0.1) is 0 Å². The lowest BCUT2D eigenvalue weighted by Gasteiger charge is -2.23. The van der Waals surface area contributed by atoms with Gasteiger partial charge in [-0.1, -0.05) is 26.0 Å². The number of allylic oxidation sites excluding steroid dienone is 1. The second kappa shape index (κ2) is 10.1. The van der Waals surface area contributed by atoms with Gasteiger partial charge in [0.05, 0.1) is 11.4 Å². The fraction of sp³-hybridized carbons (Fsp3) is 0.455. The molecule has 142 valence electrons. The molecule has 4 nitrogen and oxygen atoms in total. The summed E-state index contributed by atoms with van der Waals surface area (Å²) in [7, 11) is 4.04. The molecule has 1 heterocycles. The quantitative estimate of drug-likeness (QED) is 0.635. The van der Waals surface area contributed by atoms with Crippen molar-refractivity contribution in [3.8, 4) is 11.1 Å². The molecule has 0 unspecified atom stereocenters. The lowest BCUT2D eigenvalue weighted by molar-refractivity contribution is 0.288. The van der Waals surface area contributed by atoms with Crippen molar-refractivity contribution in [2.75, 3.05) is 25.5 Å². The Hall–Kier alpha value is -2.20. The topological polar surface area (TPSA) is 49.2 Å². The van der Waals surface area contributed by atoms with E-state index in [-0.39, 0.29) is 6.61 Å². The van der Waals surface area contributed by atoms with Crippen LogP contribution in [0.1, 0.15) is 45.2 Å². The molecule has 3 N–H and O–H groups in total. The van der Waals surface area contributed by atoms with Crippen LogP contribution in [0.3, 0.4) is 0 Å². The molecule has 1 aliphatic rings. The number of nitrogens with one attached hydrogen (secondary N) is 2. The maximum absolute atomic E-state index is 9.04. The third-order valence-corrected chi connectivity index (χ3v) is 4.72. The number of hydrogen-bond acceptors (Lipinski definition) is 3. The van der Waals surface area contributed by atoms with E-state index >= 15 is 0 Å². The summed E-state index contributed by atoms with van der Waals surface area (Å²) in [6.45, 7) is 5.04. The zero-order valence-electron chi connectivity index (χ0n) is 16.6. The minimum Gasteiger partial charge on any atom is -0.396 e. The molecule has 1 aromatic carbocycles. The van der Waals surface area contributed by atoms with E-state index in [0.29, 0.717) is 0 Å². The van der Waals surface area contributed by atoms with Gasteiger partial charge in [-0.25, -0.2) is 0 Å². The average molecular weight is 356 g/mol. The molecular weight excluding hydrogens is 322 g/mol. The van der Waals surface area contributed by atoms with Crippen LogP contribution in [0.2, 0.25) is 0 Å². The molecule has 4 heteroatoms. The molecule has 0 saturated heterocycles. The standard InChI is InChI=1S/C20H27N3O.C2H6/c1-21-18-9-7-15(8-10-18)17-13-19(23(2)14-17)20(16-5-3-6-16)22-11-4-12-24;1-2/h7-10,13-14,21-22,24H,3-6,11-12H2,1-2H3;1-2H3. The molecule has 0 bridgehead atoms. The highest BCUT2D eigenvalue weighted by Crippen LogP contribution is 2.34. The first-order chi connectivity index (χ1) is 12.7. The molecule has 1 fully saturated rings. The Kier molecular flexibility index (Phi) is 7.79. The van der Waals surface area contributed by atoms with Crippen molar-refractivity contribution >= 4 is 11.4 Å². The van der Waals surface area contributed by atoms with Gasteiger partial charge in [0.25, 0.3) is 0 Å². The van der Waals surface area contributed by atoms with Crippen molar-refractivity contribution in [2.24, 2.45) is 7.05 Å². The van der Waals surface area contributed by atoms with Crippen molar-refractivity contribution in [1.29, 1.82) is 0 Å². The molecule has 0 radical (unpaired) electrons. The third-order valence-electron chi connectivity index (χ3n) is 4.72. The van der Waals surface area contributed by atoms with Crippen LogP contribution in [0.4, 0.5) is 5.69 Å². The molecule has 0 aliphatic heterocycles. The van der Waals surface area contributed by atoms with Gasteiger partial charge < -0.3 is 20.3 Å². The zero-order chi connectivity index (χ0) is 18.9. The number of aryl methyl sites for hydroxylation is 1. The average Bonchev–Trinajstić information content (AvgIpc) is 3.03. The summed E-state index contributed by atoms with van der Waals surface area (Å²) in [6.07, 6.45) is 6.61. The number of hydrogen-bond donors (Lipinski definition) is 3. The summed E-state index contributed by atoms with van der Waals surface area (Å²) in [4.78, 5) is 0. The first-order valence-corrected chi connectivity index (χ1v) is 9.74. The van der Waals surface area contributed by atoms with E-state index in [4.69, 9.17) is 5.11 Å². The molecule has 0 atom stereocenters. The lowest BCUT2D eigenvalue weighted by atomic mass is 9.89. The molecule has 1 saturated carbocycles. The van der Waals surface area contributed by atoms with Gasteiger partial charge in [-0.3, -0.25) is 0 Å². The minimum atomic E-state index is 0.228. The molecule has 0 spiro atoms. The monoisotopic (exact) mass is 355 g/mol. The second-order valence-electron chi connectivity index (χ2n) is 6.39. The smallest absolute Gasteiger partial charge is 0.0645 e. The Morgan fingerprint density at radius 3 is 2.35 bits per heavy atom. The van der Waals surface area contributed by atoms with Crippen LogP contribution in [0, 0.1) is 0 Å². The van der Waals surface area contributed by atoms with E-state index in [1.807, 2.05) is 20.9 Å². The Bertz CT molecular complexity index is 707. The molecule has 3 rings (SSSR count). The molecule has 1 aromatic heterocycles. The number of aliphatic hydroxyl groups is 1. The van der Waals surface area contributed by atoms with E-state index in [2.05, 4.69) is 58.8 Å². The number of anilines is 1. The Morgan fingerprint density at radius 2 is 1.81 bits per heavy atom. The number of aromatic nitrogens is 1. The molecule has 26 heavy (non-hydrogen) atoms. The number of aliphatic hydroxyl groups excluding tert-OH is 1. The van der Waals surface area contributed by atoms with Crippen molar-refractivity contribution in [2.45, 2.75) is 39.5 Å². The maximum Gasteiger partial charge on any atom is 0.0645 e. The number of nitrogens with zero attached hydrogens (tertiary/aromatic N) is 1. The van der Waals surface area contributed by atoms with Gasteiger partial charge >= 0.3 is 0 Å². The SMILES string of the molecule is CC.CNc1ccc(-c2cc(C(NCCCO)=C3CCC3)n(C)c2)cc1. The van der Waals surface area contributed by atoms with E-state index in [1.165, 1.54) is 47.4 Å². The summed E-state index contributed by atoms with van der Waals surface area (Å²) in [5, 5.41) is 15.8. The lowest BCUT2D eigenvalue weighted by Crippen LogP contribution is -2.20. The molecule has 0 amide bonds. The van der Waals surface area contributed by atoms with Crippen LogP contribution in [0.5, 0.6) is 0 Å². The van der Waals surface area contributed by atoms with Crippen LogP contribution in [-0.2, 0) is 7.05 Å². The largest absolute Gasteiger partial charge is 0.396 e. The van der Waals surface area contributed by atoms with Crippen LogP contribution >= 0.6 is 0 Å². The van der Waals surface area contributed by atoms with Crippen LogP contribution in [0.25, 0.3) is 16.8 Å². The Balaban J connectivity index is 0.00000117.